The van der Waals surface area contributed by atoms with Crippen molar-refractivity contribution in [2.45, 2.75) is 39.0 Å². The monoisotopic (exact) mass is 353 g/mol. The Morgan fingerprint density at radius 2 is 2.08 bits per heavy atom. The van der Waals surface area contributed by atoms with Crippen LogP contribution in [0.5, 0.6) is 5.88 Å². The summed E-state index contributed by atoms with van der Waals surface area (Å²) in [6.45, 7) is 7.69. The Labute approximate surface area is 141 Å². The van der Waals surface area contributed by atoms with Gasteiger partial charge in [0.05, 0.1) is 10.6 Å². The molecule has 0 atom stereocenters. The third kappa shape index (κ3) is 5.46. The first kappa shape index (κ1) is 18.1. The summed E-state index contributed by atoms with van der Waals surface area (Å²) in [5.74, 6) is -0.0283. The lowest BCUT2D eigenvalue weighted by Crippen LogP contribution is -2.22. The highest BCUT2D eigenvalue weighted by atomic mass is 28.3. The molecule has 132 valence electrons. The van der Waals surface area contributed by atoms with E-state index in [1.54, 1.807) is 24.0 Å². The molecule has 2 rings (SSSR count). The summed E-state index contributed by atoms with van der Waals surface area (Å²) in [6, 6.07) is 2.81. The molecule has 24 heavy (non-hydrogen) atoms. The molecule has 2 aromatic heterocycles. The highest BCUT2D eigenvalue weighted by Crippen LogP contribution is 2.25. The van der Waals surface area contributed by atoms with E-state index in [9.17, 15) is 10.1 Å². The molecule has 2 aromatic rings. The van der Waals surface area contributed by atoms with Crippen molar-refractivity contribution in [3.63, 3.8) is 0 Å². The molecule has 0 unspecified atom stereocenters. The molecular formula is C14H23N5O4Si. The molecule has 0 aliphatic carbocycles. The molecule has 0 aliphatic heterocycles. The summed E-state index contributed by atoms with van der Waals surface area (Å²) >= 11 is 0. The summed E-state index contributed by atoms with van der Waals surface area (Å²) in [4.78, 5) is 10.6. The number of aryl methyl sites for hydroxylation is 1. The number of aromatic nitrogens is 4. The molecule has 0 amide bonds. The average molecular weight is 353 g/mol. The predicted octanol–water partition coefficient (Wildman–Crippen LogP) is 2.42. The van der Waals surface area contributed by atoms with Gasteiger partial charge in [-0.15, -0.1) is 5.10 Å². The van der Waals surface area contributed by atoms with Gasteiger partial charge in [0.15, 0.2) is 0 Å². The second-order valence-corrected chi connectivity index (χ2v) is 12.4. The average Bonchev–Trinajstić information content (AvgIpc) is 3.06. The van der Waals surface area contributed by atoms with Crippen molar-refractivity contribution in [3.8, 4) is 5.88 Å². The van der Waals surface area contributed by atoms with E-state index in [0.717, 1.165) is 6.04 Å². The first-order valence-corrected chi connectivity index (χ1v) is 11.4. The molecule has 0 aliphatic rings. The minimum atomic E-state index is -1.16. The van der Waals surface area contributed by atoms with Crippen molar-refractivity contribution in [2.75, 3.05) is 6.61 Å². The standard InChI is InChI=1S/C14H23N5O4Si/c1-17-6-5-12(15-17)10-23-14-13(19(20)21)9-18(16-14)11-22-7-8-24(2,3)4/h5-6,9H,7-8,10-11H2,1-4H3. The zero-order valence-electron chi connectivity index (χ0n) is 14.4. The first-order valence-electron chi connectivity index (χ1n) is 7.65. The van der Waals surface area contributed by atoms with E-state index in [4.69, 9.17) is 9.47 Å². The highest BCUT2D eigenvalue weighted by Gasteiger charge is 2.21. The maximum absolute atomic E-state index is 11.1. The van der Waals surface area contributed by atoms with E-state index in [0.29, 0.717) is 12.3 Å². The Bertz CT molecular complexity index is 692. The van der Waals surface area contributed by atoms with E-state index in [2.05, 4.69) is 29.8 Å². The second kappa shape index (κ2) is 7.58. The summed E-state index contributed by atoms with van der Waals surface area (Å²) in [6.07, 6.45) is 3.10. The van der Waals surface area contributed by atoms with Crippen molar-refractivity contribution in [1.29, 1.82) is 0 Å². The van der Waals surface area contributed by atoms with E-state index in [1.165, 1.54) is 10.9 Å². The SMILES string of the molecule is Cn1ccc(COc2nn(COCC[Si](C)(C)C)cc2[N+](=O)[O-])n1. The van der Waals surface area contributed by atoms with Crippen LogP contribution in [0.3, 0.4) is 0 Å². The number of rotatable bonds is 9. The van der Waals surface area contributed by atoms with Gasteiger partial charge in [-0.3, -0.25) is 14.8 Å². The Balaban J connectivity index is 1.94. The van der Waals surface area contributed by atoms with Gasteiger partial charge < -0.3 is 9.47 Å². The molecule has 0 saturated carbocycles. The van der Waals surface area contributed by atoms with Crippen LogP contribution in [0.2, 0.25) is 25.7 Å². The lowest BCUT2D eigenvalue weighted by atomic mass is 10.5. The quantitative estimate of drug-likeness (QED) is 0.297. The lowest BCUT2D eigenvalue weighted by Gasteiger charge is -2.15. The van der Waals surface area contributed by atoms with Crippen molar-refractivity contribution in [2.24, 2.45) is 7.05 Å². The van der Waals surface area contributed by atoms with Crippen molar-refractivity contribution in [1.82, 2.24) is 19.6 Å². The molecule has 0 fully saturated rings. The maximum Gasteiger partial charge on any atom is 0.350 e. The van der Waals surface area contributed by atoms with Crippen LogP contribution < -0.4 is 4.74 Å². The Hall–Kier alpha value is -2.20. The fraction of sp³-hybridized carbons (Fsp3) is 0.571. The van der Waals surface area contributed by atoms with Crippen LogP contribution in [-0.2, 0) is 25.1 Å². The van der Waals surface area contributed by atoms with Crippen LogP contribution in [-0.4, -0.2) is 39.2 Å². The van der Waals surface area contributed by atoms with Crippen LogP contribution in [0, 0.1) is 10.1 Å². The Morgan fingerprint density at radius 3 is 2.67 bits per heavy atom. The molecule has 0 saturated heterocycles. The van der Waals surface area contributed by atoms with Gasteiger partial charge in [0, 0.05) is 27.9 Å². The van der Waals surface area contributed by atoms with Gasteiger partial charge in [-0.2, -0.15) is 5.10 Å². The molecule has 0 bridgehead atoms. The summed E-state index contributed by atoms with van der Waals surface area (Å²) in [7, 11) is 0.626. The highest BCUT2D eigenvalue weighted by molar-refractivity contribution is 6.76. The van der Waals surface area contributed by atoms with Crippen molar-refractivity contribution < 1.29 is 14.4 Å². The van der Waals surface area contributed by atoms with E-state index >= 15 is 0 Å². The smallest absolute Gasteiger partial charge is 0.350 e. The van der Waals surface area contributed by atoms with Gasteiger partial charge in [-0.05, 0) is 12.1 Å². The molecule has 0 N–H and O–H groups in total. The van der Waals surface area contributed by atoms with Gasteiger partial charge in [-0.25, -0.2) is 4.68 Å². The molecular weight excluding hydrogens is 330 g/mol. The van der Waals surface area contributed by atoms with Gasteiger partial charge in [0.2, 0.25) is 0 Å². The first-order chi connectivity index (χ1) is 11.2. The molecule has 0 spiro atoms. The zero-order valence-corrected chi connectivity index (χ0v) is 15.4. The molecule has 10 heteroatoms. The van der Waals surface area contributed by atoms with E-state index in [1.807, 2.05) is 0 Å². The normalized spacial score (nSPS) is 11.7. The fourth-order valence-electron chi connectivity index (χ4n) is 1.91. The van der Waals surface area contributed by atoms with Gasteiger partial charge in [0.25, 0.3) is 0 Å². The third-order valence-corrected chi connectivity index (χ3v) is 4.96. The fourth-order valence-corrected chi connectivity index (χ4v) is 2.66. The van der Waals surface area contributed by atoms with Gasteiger partial charge in [0.1, 0.15) is 19.5 Å². The minimum absolute atomic E-state index is 0.0283. The number of nitro groups is 1. The topological polar surface area (TPSA) is 97.2 Å². The second-order valence-electron chi connectivity index (χ2n) is 6.73. The van der Waals surface area contributed by atoms with Crippen LogP contribution in [0.1, 0.15) is 5.69 Å². The number of nitrogens with zero attached hydrogens (tertiary/aromatic N) is 5. The molecule has 0 aromatic carbocycles. The summed E-state index contributed by atoms with van der Waals surface area (Å²) in [5, 5.41) is 19.4. The molecule has 2 heterocycles. The molecule has 9 nitrogen and oxygen atoms in total. The van der Waals surface area contributed by atoms with Crippen LogP contribution in [0.4, 0.5) is 5.69 Å². The number of ether oxygens (including phenoxy) is 2. The van der Waals surface area contributed by atoms with Crippen molar-refractivity contribution >= 4 is 13.8 Å². The lowest BCUT2D eigenvalue weighted by molar-refractivity contribution is -0.386. The summed E-state index contributed by atoms with van der Waals surface area (Å²) < 4.78 is 14.0. The summed E-state index contributed by atoms with van der Waals surface area (Å²) in [5.41, 5.74) is 0.493. The maximum atomic E-state index is 11.1. The van der Waals surface area contributed by atoms with E-state index in [-0.39, 0.29) is 24.9 Å². The van der Waals surface area contributed by atoms with Crippen molar-refractivity contribution in [3.05, 3.63) is 34.3 Å². The Morgan fingerprint density at radius 1 is 1.33 bits per heavy atom. The number of hydrogen-bond acceptors (Lipinski definition) is 6. The van der Waals surface area contributed by atoms with Gasteiger partial charge >= 0.3 is 11.6 Å². The van der Waals surface area contributed by atoms with Crippen LogP contribution >= 0.6 is 0 Å². The number of hydrogen-bond donors (Lipinski definition) is 0. The van der Waals surface area contributed by atoms with Crippen LogP contribution in [0.25, 0.3) is 0 Å². The molecule has 0 radical (unpaired) electrons. The Kier molecular flexibility index (Phi) is 5.73. The largest absolute Gasteiger partial charge is 0.465 e. The third-order valence-electron chi connectivity index (χ3n) is 3.25. The van der Waals surface area contributed by atoms with Crippen LogP contribution in [0.15, 0.2) is 18.5 Å². The minimum Gasteiger partial charge on any atom is -0.465 e. The zero-order chi connectivity index (χ0) is 17.7. The van der Waals surface area contributed by atoms with E-state index < -0.39 is 13.0 Å². The predicted molar refractivity (Wildman–Crippen MR) is 90.5 cm³/mol. The van der Waals surface area contributed by atoms with Gasteiger partial charge in [-0.1, -0.05) is 19.6 Å².